The van der Waals surface area contributed by atoms with Crippen molar-refractivity contribution in [2.24, 2.45) is 0 Å². The minimum atomic E-state index is -3.20. The summed E-state index contributed by atoms with van der Waals surface area (Å²) in [6, 6.07) is 18.6. The molecule has 0 spiro atoms. The molecule has 0 bridgehead atoms. The highest BCUT2D eigenvalue weighted by atomic mass is 28.4. The van der Waals surface area contributed by atoms with Gasteiger partial charge < -0.3 is 34.5 Å². The van der Waals surface area contributed by atoms with Gasteiger partial charge in [0.1, 0.15) is 12.2 Å². The van der Waals surface area contributed by atoms with Crippen molar-refractivity contribution in [2.45, 2.75) is 63.2 Å². The van der Waals surface area contributed by atoms with Crippen LogP contribution in [0.2, 0.25) is 5.04 Å². The van der Waals surface area contributed by atoms with E-state index in [4.69, 9.17) is 13.9 Å². The maximum absolute atomic E-state index is 12.6. The Morgan fingerprint density at radius 3 is 1.97 bits per heavy atom. The van der Waals surface area contributed by atoms with Gasteiger partial charge in [-0.25, -0.2) is 4.79 Å². The van der Waals surface area contributed by atoms with Gasteiger partial charge in [-0.3, -0.25) is 4.79 Å². The lowest BCUT2D eigenvalue weighted by atomic mass is 9.94. The zero-order valence-electron chi connectivity index (χ0n) is 22.3. The third-order valence-corrected chi connectivity index (χ3v) is 11.7. The molecule has 0 radical (unpaired) electrons. The fraction of sp³-hybridized carbons (Fsp3) is 0.429. The number of ether oxygens (including phenoxy) is 2. The van der Waals surface area contributed by atoms with Gasteiger partial charge in [0.25, 0.3) is 8.32 Å². The summed E-state index contributed by atoms with van der Waals surface area (Å²) in [6.45, 7) is 6.80. The van der Waals surface area contributed by atoms with E-state index >= 15 is 0 Å². The first-order valence-electron chi connectivity index (χ1n) is 12.5. The van der Waals surface area contributed by atoms with Crippen LogP contribution in [0.25, 0.3) is 0 Å². The van der Waals surface area contributed by atoms with Crippen LogP contribution in [0.1, 0.15) is 27.7 Å². The number of rotatable bonds is 9. The molecule has 2 aromatic carbocycles. The highest BCUT2D eigenvalue weighted by molar-refractivity contribution is 6.99. The smallest absolute Gasteiger partial charge is 0.373 e. The fourth-order valence-corrected chi connectivity index (χ4v) is 9.56. The van der Waals surface area contributed by atoms with E-state index in [1.807, 2.05) is 60.7 Å². The number of benzene rings is 2. The Labute approximate surface area is 224 Å². The Bertz CT molecular complexity index is 1080. The van der Waals surface area contributed by atoms with Crippen molar-refractivity contribution in [3.05, 3.63) is 72.5 Å². The second-order valence-electron chi connectivity index (χ2n) is 10.3. The summed E-state index contributed by atoms with van der Waals surface area (Å²) >= 11 is 0. The Morgan fingerprint density at radius 2 is 1.55 bits per heavy atom. The minimum Gasteiger partial charge on any atom is -0.478 e. The van der Waals surface area contributed by atoms with Crippen molar-refractivity contribution >= 4 is 30.6 Å². The maximum atomic E-state index is 12.6. The van der Waals surface area contributed by atoms with E-state index in [0.717, 1.165) is 10.4 Å². The molecular weight excluding hydrogens is 506 g/mol. The van der Waals surface area contributed by atoms with Crippen molar-refractivity contribution in [1.82, 2.24) is 5.32 Å². The Kier molecular flexibility index (Phi) is 9.50. The van der Waals surface area contributed by atoms with Crippen molar-refractivity contribution in [3.63, 3.8) is 0 Å². The Morgan fingerprint density at radius 1 is 1.03 bits per heavy atom. The van der Waals surface area contributed by atoms with E-state index in [0.29, 0.717) is 0 Å². The molecule has 206 valence electrons. The first-order chi connectivity index (χ1) is 18.0. The van der Waals surface area contributed by atoms with Gasteiger partial charge in [-0.05, 0) is 21.5 Å². The van der Waals surface area contributed by atoms with Crippen LogP contribution < -0.4 is 15.7 Å². The van der Waals surface area contributed by atoms with E-state index in [-0.39, 0.29) is 5.76 Å². The number of hydrogen-bond acceptors (Lipinski definition) is 8. The summed E-state index contributed by atoms with van der Waals surface area (Å²) in [5, 5.41) is 34.9. The molecule has 3 rings (SSSR count). The van der Waals surface area contributed by atoms with Crippen LogP contribution in [-0.2, 0) is 23.5 Å². The summed E-state index contributed by atoms with van der Waals surface area (Å²) in [4.78, 5) is 24.9. The highest BCUT2D eigenvalue weighted by Gasteiger charge is 2.54. The summed E-state index contributed by atoms with van der Waals surface area (Å²) in [6.07, 6.45) is -4.11. The van der Waals surface area contributed by atoms with Gasteiger partial charge >= 0.3 is 5.97 Å². The highest BCUT2D eigenvalue weighted by Crippen LogP contribution is 2.39. The number of aliphatic hydroxyl groups is 3. The van der Waals surface area contributed by atoms with Gasteiger partial charge in [-0.2, -0.15) is 0 Å². The lowest BCUT2D eigenvalue weighted by Gasteiger charge is -2.48. The number of carbonyl (C=O) groups is 2. The van der Waals surface area contributed by atoms with Crippen molar-refractivity contribution in [2.75, 3.05) is 13.7 Å². The molecule has 0 fully saturated rings. The lowest BCUT2D eigenvalue weighted by molar-refractivity contribution is -0.151. The molecule has 0 saturated carbocycles. The second-order valence-corrected chi connectivity index (χ2v) is 14.6. The first kappa shape index (κ1) is 29.5. The van der Waals surface area contributed by atoms with Gasteiger partial charge in [-0.15, -0.1) is 0 Å². The minimum absolute atomic E-state index is 0.230. The van der Waals surface area contributed by atoms with Crippen LogP contribution in [0.3, 0.4) is 0 Å². The fourth-order valence-electron chi connectivity index (χ4n) is 4.93. The quantitative estimate of drug-likeness (QED) is 0.267. The molecule has 9 nitrogen and oxygen atoms in total. The zero-order chi connectivity index (χ0) is 28.1. The van der Waals surface area contributed by atoms with E-state index < -0.39 is 62.3 Å². The molecule has 1 amide bonds. The molecule has 0 unspecified atom stereocenters. The molecule has 2 aromatic rings. The molecular formula is C28H37NO8Si. The predicted molar refractivity (Wildman–Crippen MR) is 144 cm³/mol. The van der Waals surface area contributed by atoms with Crippen molar-refractivity contribution in [3.8, 4) is 0 Å². The van der Waals surface area contributed by atoms with E-state index in [1.54, 1.807) is 0 Å². The van der Waals surface area contributed by atoms with Gasteiger partial charge in [0.15, 0.2) is 6.10 Å². The summed E-state index contributed by atoms with van der Waals surface area (Å²) < 4.78 is 17.8. The second kappa shape index (κ2) is 12.2. The summed E-state index contributed by atoms with van der Waals surface area (Å²) in [5.41, 5.74) is 0. The molecule has 0 aliphatic carbocycles. The molecule has 10 heteroatoms. The van der Waals surface area contributed by atoms with E-state index in [9.17, 15) is 24.9 Å². The molecule has 0 saturated heterocycles. The molecule has 0 aromatic heterocycles. The van der Waals surface area contributed by atoms with Crippen LogP contribution in [0.4, 0.5) is 0 Å². The van der Waals surface area contributed by atoms with Crippen LogP contribution in [0.5, 0.6) is 0 Å². The number of carbonyl (C=O) groups excluding carboxylic acids is 2. The van der Waals surface area contributed by atoms with Gasteiger partial charge in [-0.1, -0.05) is 81.4 Å². The Balaban J connectivity index is 2.27. The number of hydrogen-bond donors (Lipinski definition) is 4. The first-order valence-corrected chi connectivity index (χ1v) is 14.4. The maximum Gasteiger partial charge on any atom is 0.373 e. The monoisotopic (exact) mass is 543 g/mol. The molecule has 1 aliphatic heterocycles. The molecule has 4 N–H and O–H groups in total. The number of amides is 1. The Hall–Kier alpha value is -3.02. The van der Waals surface area contributed by atoms with Crippen LogP contribution in [0.15, 0.2) is 72.5 Å². The molecule has 1 heterocycles. The molecule has 5 atom stereocenters. The van der Waals surface area contributed by atoms with Gasteiger partial charge in [0.2, 0.25) is 11.7 Å². The molecule has 1 aliphatic rings. The molecule has 38 heavy (non-hydrogen) atoms. The normalized spacial score (nSPS) is 21.5. The number of esters is 1. The number of nitrogens with one attached hydrogen (secondary N) is 1. The van der Waals surface area contributed by atoms with E-state index in [2.05, 4.69) is 26.1 Å². The third kappa shape index (κ3) is 6.00. The summed E-state index contributed by atoms with van der Waals surface area (Å²) in [7, 11) is -2.01. The topological polar surface area (TPSA) is 135 Å². The van der Waals surface area contributed by atoms with Gasteiger partial charge in [0.05, 0.1) is 25.9 Å². The van der Waals surface area contributed by atoms with Crippen LogP contribution in [0, 0.1) is 0 Å². The standard InChI is InChI=1S/C28H37NO8Si/c1-18(31)29-24-22(16-23(27(34)35-5)36-26(24)25(33)21(32)17-30)37-38(28(2,3)4,19-12-8-6-9-13-19)20-14-10-7-11-15-20/h6-16,21-22,24-26,30,32-33H,17H2,1-5H3,(H,29,31)/t21-,22-,24+,25-,26-/m1/s1. The predicted octanol–water partition coefficient (Wildman–Crippen LogP) is 0.606. The van der Waals surface area contributed by atoms with Gasteiger partial charge in [0, 0.05) is 6.92 Å². The summed E-state index contributed by atoms with van der Waals surface area (Å²) in [5.74, 6) is -1.47. The van der Waals surface area contributed by atoms with E-state index in [1.165, 1.54) is 20.1 Å². The number of aliphatic hydroxyl groups excluding tert-OH is 3. The van der Waals surface area contributed by atoms with Crippen LogP contribution >= 0.6 is 0 Å². The van der Waals surface area contributed by atoms with Crippen molar-refractivity contribution in [1.29, 1.82) is 0 Å². The lowest BCUT2D eigenvalue weighted by Crippen LogP contribution is -2.70. The average molecular weight is 544 g/mol. The van der Waals surface area contributed by atoms with Crippen LogP contribution in [-0.4, -0.2) is 79.7 Å². The largest absolute Gasteiger partial charge is 0.478 e. The SMILES string of the molecule is COC(=O)C1=C[C@@H](O[Si](c2ccccc2)(c2ccccc2)C(C)(C)C)[C@H](NC(C)=O)[C@H]([C@H](O)[C@H](O)CO)O1. The van der Waals surface area contributed by atoms with Crippen molar-refractivity contribution < 1.29 is 38.8 Å². The average Bonchev–Trinajstić information content (AvgIpc) is 2.90. The third-order valence-electron chi connectivity index (χ3n) is 6.69. The zero-order valence-corrected chi connectivity index (χ0v) is 23.3. The number of methoxy groups -OCH3 is 1.